The van der Waals surface area contributed by atoms with Crippen LogP contribution in [0.25, 0.3) is 0 Å². The molecular formula is C11H20BrNO2. The van der Waals surface area contributed by atoms with Gasteiger partial charge in [0, 0.05) is 10.9 Å². The highest BCUT2D eigenvalue weighted by Crippen LogP contribution is 2.31. The first kappa shape index (κ1) is 13.0. The molecule has 0 atom stereocenters. The summed E-state index contributed by atoms with van der Waals surface area (Å²) in [6.45, 7) is 4.04. The van der Waals surface area contributed by atoms with Crippen molar-refractivity contribution in [2.24, 2.45) is 0 Å². The van der Waals surface area contributed by atoms with E-state index in [1.165, 1.54) is 12.8 Å². The molecule has 0 aromatic rings. The Morgan fingerprint density at radius 3 is 2.53 bits per heavy atom. The zero-order valence-corrected chi connectivity index (χ0v) is 11.1. The first-order valence-corrected chi connectivity index (χ1v) is 6.69. The van der Waals surface area contributed by atoms with Crippen LogP contribution in [0.5, 0.6) is 0 Å². The van der Waals surface area contributed by atoms with Crippen LogP contribution in [-0.2, 0) is 9.53 Å². The largest absolute Gasteiger partial charge is 0.369 e. The Morgan fingerprint density at radius 1 is 1.47 bits per heavy atom. The van der Waals surface area contributed by atoms with E-state index in [9.17, 15) is 4.79 Å². The molecule has 88 valence electrons. The topological polar surface area (TPSA) is 38.3 Å². The van der Waals surface area contributed by atoms with Crippen LogP contribution in [0.3, 0.4) is 0 Å². The Hall–Kier alpha value is -0.0900. The van der Waals surface area contributed by atoms with Crippen molar-refractivity contribution in [3.05, 3.63) is 0 Å². The number of amides is 1. The van der Waals surface area contributed by atoms with Crippen molar-refractivity contribution in [2.75, 3.05) is 11.9 Å². The minimum Gasteiger partial charge on any atom is -0.369 e. The van der Waals surface area contributed by atoms with E-state index in [1.54, 1.807) is 0 Å². The second kappa shape index (κ2) is 5.85. The molecule has 1 saturated carbocycles. The van der Waals surface area contributed by atoms with Crippen LogP contribution >= 0.6 is 15.9 Å². The SMILES string of the molecule is CC(C)OCC(=O)NC1(CBr)CCCC1. The maximum atomic E-state index is 11.6. The van der Waals surface area contributed by atoms with E-state index in [4.69, 9.17) is 4.74 Å². The molecule has 1 rings (SSSR count). The van der Waals surface area contributed by atoms with Gasteiger partial charge in [0.05, 0.1) is 6.10 Å². The highest BCUT2D eigenvalue weighted by molar-refractivity contribution is 9.09. The summed E-state index contributed by atoms with van der Waals surface area (Å²) in [5.41, 5.74) is -0.0164. The van der Waals surface area contributed by atoms with Gasteiger partial charge in [0.25, 0.3) is 0 Å². The average molecular weight is 278 g/mol. The first-order valence-electron chi connectivity index (χ1n) is 5.56. The van der Waals surface area contributed by atoms with Gasteiger partial charge in [-0.25, -0.2) is 0 Å². The van der Waals surface area contributed by atoms with Crippen LogP contribution in [0, 0.1) is 0 Å². The number of hydrogen-bond donors (Lipinski definition) is 1. The third kappa shape index (κ3) is 4.11. The van der Waals surface area contributed by atoms with Gasteiger partial charge in [-0.05, 0) is 26.7 Å². The van der Waals surface area contributed by atoms with Crippen molar-refractivity contribution >= 4 is 21.8 Å². The molecule has 1 N–H and O–H groups in total. The second-order valence-electron chi connectivity index (χ2n) is 4.53. The van der Waals surface area contributed by atoms with Crippen LogP contribution in [0.15, 0.2) is 0 Å². The van der Waals surface area contributed by atoms with E-state index in [0.29, 0.717) is 0 Å². The molecule has 0 saturated heterocycles. The van der Waals surface area contributed by atoms with Crippen LogP contribution in [0.2, 0.25) is 0 Å². The summed E-state index contributed by atoms with van der Waals surface area (Å²) in [6.07, 6.45) is 4.67. The van der Waals surface area contributed by atoms with Gasteiger partial charge >= 0.3 is 0 Å². The molecule has 0 radical (unpaired) electrons. The smallest absolute Gasteiger partial charge is 0.246 e. The summed E-state index contributed by atoms with van der Waals surface area (Å²) in [5.74, 6) is 0.00468. The summed E-state index contributed by atoms with van der Waals surface area (Å²) in [6, 6.07) is 0. The molecule has 1 aliphatic carbocycles. The van der Waals surface area contributed by atoms with Crippen molar-refractivity contribution in [2.45, 2.75) is 51.2 Å². The molecule has 1 amide bonds. The summed E-state index contributed by atoms with van der Waals surface area (Å²) in [5, 5.41) is 3.93. The predicted octanol–water partition coefficient (Wildman–Crippen LogP) is 2.24. The lowest BCUT2D eigenvalue weighted by molar-refractivity contribution is -0.128. The van der Waals surface area contributed by atoms with Crippen LogP contribution in [0.1, 0.15) is 39.5 Å². The lowest BCUT2D eigenvalue weighted by atomic mass is 10.0. The van der Waals surface area contributed by atoms with E-state index >= 15 is 0 Å². The zero-order valence-electron chi connectivity index (χ0n) is 9.51. The molecule has 0 unspecified atom stereocenters. The normalized spacial score (nSPS) is 19.5. The highest BCUT2D eigenvalue weighted by Gasteiger charge is 2.33. The molecule has 15 heavy (non-hydrogen) atoms. The molecule has 0 aliphatic heterocycles. The molecule has 0 bridgehead atoms. The van der Waals surface area contributed by atoms with E-state index in [0.717, 1.165) is 18.2 Å². The van der Waals surface area contributed by atoms with Crippen LogP contribution < -0.4 is 5.32 Å². The summed E-state index contributed by atoms with van der Waals surface area (Å²) < 4.78 is 5.28. The molecule has 1 fully saturated rings. The van der Waals surface area contributed by atoms with E-state index < -0.39 is 0 Å². The summed E-state index contributed by atoms with van der Waals surface area (Å²) >= 11 is 3.49. The standard InChI is InChI=1S/C11H20BrNO2/c1-9(2)15-7-10(14)13-11(8-12)5-3-4-6-11/h9H,3-8H2,1-2H3,(H,13,14). The van der Waals surface area contributed by atoms with Crippen molar-refractivity contribution in [3.63, 3.8) is 0 Å². The fourth-order valence-corrected chi connectivity index (χ4v) is 2.62. The van der Waals surface area contributed by atoms with Gasteiger partial charge in [0.2, 0.25) is 5.91 Å². The van der Waals surface area contributed by atoms with Gasteiger partial charge in [-0.15, -0.1) is 0 Å². The first-order chi connectivity index (χ1) is 7.08. The fourth-order valence-electron chi connectivity index (χ4n) is 1.92. The maximum absolute atomic E-state index is 11.6. The fraction of sp³-hybridized carbons (Fsp3) is 0.909. The summed E-state index contributed by atoms with van der Waals surface area (Å²) in [4.78, 5) is 11.6. The number of halogens is 1. The van der Waals surface area contributed by atoms with Gasteiger partial charge in [0.1, 0.15) is 6.61 Å². The predicted molar refractivity (Wildman–Crippen MR) is 64.2 cm³/mol. The van der Waals surface area contributed by atoms with Gasteiger partial charge in [-0.2, -0.15) is 0 Å². The molecular weight excluding hydrogens is 258 g/mol. The molecule has 0 spiro atoms. The minimum atomic E-state index is -0.0164. The number of rotatable bonds is 5. The average Bonchev–Trinajstić information content (AvgIpc) is 2.64. The van der Waals surface area contributed by atoms with E-state index in [2.05, 4.69) is 21.2 Å². The summed E-state index contributed by atoms with van der Waals surface area (Å²) in [7, 11) is 0. The van der Waals surface area contributed by atoms with Crippen molar-refractivity contribution in [3.8, 4) is 0 Å². The number of hydrogen-bond acceptors (Lipinski definition) is 2. The molecule has 4 heteroatoms. The van der Waals surface area contributed by atoms with Crippen LogP contribution in [0.4, 0.5) is 0 Å². The Kier molecular flexibility index (Phi) is 5.06. The minimum absolute atomic E-state index is 0.00468. The quantitative estimate of drug-likeness (QED) is 0.783. The lowest BCUT2D eigenvalue weighted by Crippen LogP contribution is -2.49. The molecule has 0 aromatic carbocycles. The van der Waals surface area contributed by atoms with Gasteiger partial charge in [0.15, 0.2) is 0 Å². The number of alkyl halides is 1. The number of nitrogens with one attached hydrogen (secondary N) is 1. The number of ether oxygens (including phenoxy) is 1. The third-order valence-corrected chi connectivity index (χ3v) is 3.84. The molecule has 0 heterocycles. The second-order valence-corrected chi connectivity index (χ2v) is 5.09. The van der Waals surface area contributed by atoms with E-state index in [1.807, 2.05) is 13.8 Å². The Morgan fingerprint density at radius 2 is 2.07 bits per heavy atom. The van der Waals surface area contributed by atoms with Gasteiger partial charge in [-0.3, -0.25) is 4.79 Å². The Labute approximate surface area is 100 Å². The van der Waals surface area contributed by atoms with Crippen molar-refractivity contribution in [1.82, 2.24) is 5.32 Å². The zero-order chi connectivity index (χ0) is 11.3. The number of carbonyl (C=O) groups is 1. The van der Waals surface area contributed by atoms with E-state index in [-0.39, 0.29) is 24.2 Å². The Bertz CT molecular complexity index is 213. The van der Waals surface area contributed by atoms with Gasteiger partial charge < -0.3 is 10.1 Å². The van der Waals surface area contributed by atoms with Gasteiger partial charge in [-0.1, -0.05) is 28.8 Å². The van der Waals surface area contributed by atoms with Crippen molar-refractivity contribution < 1.29 is 9.53 Å². The monoisotopic (exact) mass is 277 g/mol. The third-order valence-electron chi connectivity index (χ3n) is 2.77. The number of carbonyl (C=O) groups excluding carboxylic acids is 1. The lowest BCUT2D eigenvalue weighted by Gasteiger charge is -2.28. The maximum Gasteiger partial charge on any atom is 0.246 e. The van der Waals surface area contributed by atoms with Crippen molar-refractivity contribution in [1.29, 1.82) is 0 Å². The molecule has 3 nitrogen and oxygen atoms in total. The molecule has 0 aromatic heterocycles. The highest BCUT2D eigenvalue weighted by atomic mass is 79.9. The van der Waals surface area contributed by atoms with Crippen LogP contribution in [-0.4, -0.2) is 29.5 Å². The molecule has 1 aliphatic rings. The Balaban J connectivity index is 2.35.